The topological polar surface area (TPSA) is 57.2 Å². The minimum absolute atomic E-state index is 0.0312. The molecule has 2 N–H and O–H groups in total. The van der Waals surface area contributed by atoms with E-state index >= 15 is 0 Å². The summed E-state index contributed by atoms with van der Waals surface area (Å²) in [6.45, 7) is 6.91. The van der Waals surface area contributed by atoms with E-state index in [1.807, 2.05) is 57.2 Å². The summed E-state index contributed by atoms with van der Waals surface area (Å²) in [7, 11) is 0. The molecular weight excluding hydrogens is 264 g/mol. The summed E-state index contributed by atoms with van der Waals surface area (Å²) >= 11 is 0. The number of hydrogen-bond acceptors (Lipinski definition) is 3. The predicted octanol–water partition coefficient (Wildman–Crippen LogP) is 2.95. The van der Waals surface area contributed by atoms with Crippen LogP contribution < -0.4 is 16.0 Å². The van der Waals surface area contributed by atoms with E-state index in [1.165, 1.54) is 0 Å². The molecule has 1 aromatic heterocycles. The van der Waals surface area contributed by atoms with Gasteiger partial charge in [-0.25, -0.2) is 0 Å². The number of para-hydroxylation sites is 1. The maximum absolute atomic E-state index is 12.5. The van der Waals surface area contributed by atoms with Gasteiger partial charge < -0.3 is 15.0 Å². The largest absolute Gasteiger partial charge is 0.493 e. The zero-order chi connectivity index (χ0) is 15.4. The Bertz CT molecular complexity index is 675. The number of hydrogen-bond donors (Lipinski definition) is 1. The van der Waals surface area contributed by atoms with Gasteiger partial charge in [-0.05, 0) is 45.0 Å². The first-order chi connectivity index (χ1) is 10.1. The zero-order valence-electron chi connectivity index (χ0n) is 12.8. The van der Waals surface area contributed by atoms with Crippen molar-refractivity contribution in [1.82, 2.24) is 4.57 Å². The summed E-state index contributed by atoms with van der Waals surface area (Å²) in [5.74, 6) is 0.787. The fourth-order valence-corrected chi connectivity index (χ4v) is 2.45. The highest BCUT2D eigenvalue weighted by Gasteiger charge is 2.14. The lowest BCUT2D eigenvalue weighted by molar-refractivity contribution is 0.341. The van der Waals surface area contributed by atoms with Crippen LogP contribution in [0.25, 0.3) is 11.3 Å². The molecule has 21 heavy (non-hydrogen) atoms. The zero-order valence-corrected chi connectivity index (χ0v) is 12.8. The predicted molar refractivity (Wildman–Crippen MR) is 85.6 cm³/mol. The standard InChI is InChI=1S/C17H22N2O2/c1-4-19-15(11-10-13(12(3)18)17(19)20)14-8-6-7-9-16(14)21-5-2/h6-12H,4-5,18H2,1-3H3. The SMILES string of the molecule is CCOc1ccccc1-c1ccc(C(C)N)c(=O)n1CC. The molecule has 2 rings (SSSR count). The molecule has 1 aromatic carbocycles. The summed E-state index contributed by atoms with van der Waals surface area (Å²) in [6.07, 6.45) is 0. The van der Waals surface area contributed by atoms with Gasteiger partial charge in [0.1, 0.15) is 5.75 Å². The molecule has 0 fully saturated rings. The number of benzene rings is 1. The molecule has 0 amide bonds. The maximum Gasteiger partial charge on any atom is 0.255 e. The van der Waals surface area contributed by atoms with Crippen LogP contribution in [0.5, 0.6) is 5.75 Å². The first kappa shape index (κ1) is 15.3. The van der Waals surface area contributed by atoms with E-state index in [-0.39, 0.29) is 11.6 Å². The Balaban J connectivity index is 2.65. The fraction of sp³-hybridized carbons (Fsp3) is 0.353. The normalized spacial score (nSPS) is 12.2. The van der Waals surface area contributed by atoms with E-state index in [1.54, 1.807) is 4.57 Å². The number of rotatable bonds is 5. The van der Waals surface area contributed by atoms with Gasteiger partial charge in [0.2, 0.25) is 0 Å². The van der Waals surface area contributed by atoms with Gasteiger partial charge in [-0.2, -0.15) is 0 Å². The van der Waals surface area contributed by atoms with Gasteiger partial charge in [-0.3, -0.25) is 4.79 Å². The quantitative estimate of drug-likeness (QED) is 0.919. The molecule has 0 radical (unpaired) electrons. The van der Waals surface area contributed by atoms with Crippen LogP contribution in [-0.2, 0) is 6.54 Å². The van der Waals surface area contributed by atoms with Crippen molar-refractivity contribution < 1.29 is 4.74 Å². The molecular formula is C17H22N2O2. The van der Waals surface area contributed by atoms with Crippen LogP contribution in [0.15, 0.2) is 41.2 Å². The second-order valence-corrected chi connectivity index (χ2v) is 4.94. The number of nitrogens with two attached hydrogens (primary N) is 1. The van der Waals surface area contributed by atoms with Crippen LogP contribution in [0.1, 0.15) is 32.4 Å². The van der Waals surface area contributed by atoms with Gasteiger partial charge in [0, 0.05) is 23.7 Å². The van der Waals surface area contributed by atoms with Crippen molar-refractivity contribution >= 4 is 0 Å². The van der Waals surface area contributed by atoms with Crippen molar-refractivity contribution in [2.24, 2.45) is 5.73 Å². The van der Waals surface area contributed by atoms with Crippen molar-refractivity contribution in [2.75, 3.05) is 6.61 Å². The van der Waals surface area contributed by atoms with Gasteiger partial charge in [0.05, 0.1) is 12.3 Å². The van der Waals surface area contributed by atoms with Gasteiger partial charge in [-0.15, -0.1) is 0 Å². The number of aromatic nitrogens is 1. The van der Waals surface area contributed by atoms with Crippen LogP contribution in [0.2, 0.25) is 0 Å². The lowest BCUT2D eigenvalue weighted by Crippen LogP contribution is -2.27. The van der Waals surface area contributed by atoms with E-state index in [0.29, 0.717) is 18.7 Å². The Morgan fingerprint density at radius 1 is 1.19 bits per heavy atom. The molecule has 0 aliphatic rings. The molecule has 0 saturated carbocycles. The lowest BCUT2D eigenvalue weighted by atomic mass is 10.1. The van der Waals surface area contributed by atoms with Crippen molar-refractivity contribution in [3.05, 3.63) is 52.3 Å². The van der Waals surface area contributed by atoms with Crippen molar-refractivity contribution in [3.8, 4) is 17.0 Å². The minimum Gasteiger partial charge on any atom is -0.493 e. The smallest absolute Gasteiger partial charge is 0.255 e. The highest BCUT2D eigenvalue weighted by molar-refractivity contribution is 5.67. The number of pyridine rings is 1. The molecule has 1 unspecified atom stereocenters. The third-order valence-electron chi connectivity index (χ3n) is 3.47. The lowest BCUT2D eigenvalue weighted by Gasteiger charge is -2.17. The van der Waals surface area contributed by atoms with Crippen LogP contribution >= 0.6 is 0 Å². The highest BCUT2D eigenvalue weighted by Crippen LogP contribution is 2.29. The Hall–Kier alpha value is -2.07. The summed E-state index contributed by atoms with van der Waals surface area (Å²) < 4.78 is 7.41. The molecule has 0 bridgehead atoms. The Labute approximate surface area is 125 Å². The van der Waals surface area contributed by atoms with E-state index in [0.717, 1.165) is 17.0 Å². The summed E-state index contributed by atoms with van der Waals surface area (Å²) in [6, 6.07) is 11.3. The summed E-state index contributed by atoms with van der Waals surface area (Å²) in [4.78, 5) is 12.5. The van der Waals surface area contributed by atoms with Gasteiger partial charge in [0.15, 0.2) is 0 Å². The molecule has 1 atom stereocenters. The molecule has 0 saturated heterocycles. The molecule has 1 heterocycles. The van der Waals surface area contributed by atoms with Crippen molar-refractivity contribution in [3.63, 3.8) is 0 Å². The van der Waals surface area contributed by atoms with E-state index < -0.39 is 0 Å². The first-order valence-electron chi connectivity index (χ1n) is 7.31. The Morgan fingerprint density at radius 3 is 2.52 bits per heavy atom. The minimum atomic E-state index is -0.272. The Kier molecular flexibility index (Phi) is 4.81. The van der Waals surface area contributed by atoms with E-state index in [2.05, 4.69) is 0 Å². The molecule has 0 aliphatic heterocycles. The van der Waals surface area contributed by atoms with E-state index in [4.69, 9.17) is 10.5 Å². The average Bonchev–Trinajstić information content (AvgIpc) is 2.47. The third kappa shape index (κ3) is 3.00. The number of ether oxygens (including phenoxy) is 1. The molecule has 4 nitrogen and oxygen atoms in total. The Morgan fingerprint density at radius 2 is 1.90 bits per heavy atom. The van der Waals surface area contributed by atoms with Gasteiger partial charge in [-0.1, -0.05) is 12.1 Å². The van der Waals surface area contributed by atoms with Crippen molar-refractivity contribution in [2.45, 2.75) is 33.4 Å². The summed E-state index contributed by atoms with van der Waals surface area (Å²) in [5, 5.41) is 0. The highest BCUT2D eigenvalue weighted by atomic mass is 16.5. The molecule has 112 valence electrons. The van der Waals surface area contributed by atoms with Crippen LogP contribution in [0, 0.1) is 0 Å². The van der Waals surface area contributed by atoms with Gasteiger partial charge >= 0.3 is 0 Å². The maximum atomic E-state index is 12.5. The number of nitrogens with zero attached hydrogens (tertiary/aromatic N) is 1. The second kappa shape index (κ2) is 6.59. The van der Waals surface area contributed by atoms with Crippen LogP contribution in [0.3, 0.4) is 0 Å². The average molecular weight is 286 g/mol. The van der Waals surface area contributed by atoms with E-state index in [9.17, 15) is 4.79 Å². The van der Waals surface area contributed by atoms with Crippen LogP contribution in [0.4, 0.5) is 0 Å². The van der Waals surface area contributed by atoms with Gasteiger partial charge in [0.25, 0.3) is 5.56 Å². The molecule has 4 heteroatoms. The second-order valence-electron chi connectivity index (χ2n) is 4.94. The molecule has 2 aromatic rings. The third-order valence-corrected chi connectivity index (χ3v) is 3.47. The van der Waals surface area contributed by atoms with Crippen LogP contribution in [-0.4, -0.2) is 11.2 Å². The monoisotopic (exact) mass is 286 g/mol. The molecule has 0 spiro atoms. The van der Waals surface area contributed by atoms with Crippen molar-refractivity contribution in [1.29, 1.82) is 0 Å². The molecule has 0 aliphatic carbocycles. The first-order valence-corrected chi connectivity index (χ1v) is 7.31. The summed E-state index contributed by atoms with van der Waals surface area (Å²) in [5.41, 5.74) is 8.25. The fourth-order valence-electron chi connectivity index (χ4n) is 2.45.